The van der Waals surface area contributed by atoms with Crippen molar-refractivity contribution < 1.29 is 19.4 Å². The summed E-state index contributed by atoms with van der Waals surface area (Å²) in [5.41, 5.74) is 3.97. The van der Waals surface area contributed by atoms with Gasteiger partial charge in [-0.05, 0) is 35.0 Å². The number of nitro groups is 2. The number of carbonyl (C=O) groups excluding carboxylic acids is 1. The van der Waals surface area contributed by atoms with Crippen LogP contribution in [0.5, 0.6) is 11.6 Å². The summed E-state index contributed by atoms with van der Waals surface area (Å²) in [4.78, 5) is 41.0. The first-order valence-electron chi connectivity index (χ1n) is 9.39. The molecule has 164 valence electrons. The van der Waals surface area contributed by atoms with E-state index in [9.17, 15) is 25.0 Å². The highest BCUT2D eigenvalue weighted by atomic mass is 16.6. The molecule has 1 aromatic heterocycles. The van der Waals surface area contributed by atoms with Gasteiger partial charge in [-0.2, -0.15) is 4.98 Å². The standard InChI is InChI=1S/C21H14N6O6/c28-20(14-5-8-16(9-6-14)26(29)30)25-24-19-18(27(31)32)21(23-12-22-19)33-17-10-7-13-3-1-2-4-15(13)11-17/h1-12H,(H,25,28)(H,22,23,24). The lowest BCUT2D eigenvalue weighted by atomic mass is 10.1. The Morgan fingerprint density at radius 3 is 2.30 bits per heavy atom. The van der Waals surface area contributed by atoms with Gasteiger partial charge in [0.15, 0.2) is 0 Å². The van der Waals surface area contributed by atoms with Crippen molar-refractivity contribution in [2.45, 2.75) is 0 Å². The first kappa shape index (κ1) is 21.1. The van der Waals surface area contributed by atoms with Gasteiger partial charge in [0, 0.05) is 17.7 Å². The summed E-state index contributed by atoms with van der Waals surface area (Å²) in [7, 11) is 0. The molecule has 4 aromatic rings. The van der Waals surface area contributed by atoms with Crippen LogP contribution in [-0.4, -0.2) is 25.7 Å². The van der Waals surface area contributed by atoms with E-state index in [0.717, 1.165) is 29.2 Å². The fourth-order valence-corrected chi connectivity index (χ4v) is 2.96. The van der Waals surface area contributed by atoms with Crippen LogP contribution in [0.25, 0.3) is 10.8 Å². The predicted octanol–water partition coefficient (Wildman–Crippen LogP) is 4.00. The van der Waals surface area contributed by atoms with Gasteiger partial charge >= 0.3 is 11.6 Å². The molecule has 0 spiro atoms. The normalized spacial score (nSPS) is 10.4. The average molecular weight is 446 g/mol. The third kappa shape index (κ3) is 4.64. The molecule has 2 N–H and O–H groups in total. The van der Waals surface area contributed by atoms with E-state index in [4.69, 9.17) is 4.74 Å². The molecule has 3 aromatic carbocycles. The summed E-state index contributed by atoms with van der Waals surface area (Å²) in [5, 5.41) is 24.3. The smallest absolute Gasteiger partial charge is 0.374 e. The van der Waals surface area contributed by atoms with Gasteiger partial charge in [-0.25, -0.2) is 4.98 Å². The number of nitro benzene ring substituents is 1. The first-order valence-corrected chi connectivity index (χ1v) is 9.39. The van der Waals surface area contributed by atoms with Gasteiger partial charge in [0.05, 0.1) is 9.85 Å². The summed E-state index contributed by atoms with van der Waals surface area (Å²) < 4.78 is 5.64. The number of hydrogen-bond acceptors (Lipinski definition) is 9. The van der Waals surface area contributed by atoms with E-state index in [2.05, 4.69) is 20.8 Å². The summed E-state index contributed by atoms with van der Waals surface area (Å²) >= 11 is 0. The summed E-state index contributed by atoms with van der Waals surface area (Å²) in [6, 6.07) is 17.5. The van der Waals surface area contributed by atoms with Gasteiger partial charge in [-0.15, -0.1) is 0 Å². The Morgan fingerprint density at radius 2 is 1.61 bits per heavy atom. The molecular formula is C21H14N6O6. The van der Waals surface area contributed by atoms with Crippen LogP contribution in [0.1, 0.15) is 10.4 Å². The molecule has 0 aliphatic rings. The largest absolute Gasteiger partial charge is 0.434 e. The van der Waals surface area contributed by atoms with E-state index in [1.54, 1.807) is 18.2 Å². The van der Waals surface area contributed by atoms with Crippen molar-refractivity contribution in [3.63, 3.8) is 0 Å². The number of rotatable bonds is 7. The Morgan fingerprint density at radius 1 is 0.879 bits per heavy atom. The minimum absolute atomic E-state index is 0.0949. The average Bonchev–Trinajstić information content (AvgIpc) is 2.82. The van der Waals surface area contributed by atoms with Gasteiger partial charge in [0.25, 0.3) is 11.6 Å². The molecule has 0 aliphatic heterocycles. The molecule has 0 radical (unpaired) electrons. The molecular weight excluding hydrogens is 432 g/mol. The number of nitrogens with zero attached hydrogens (tertiary/aromatic N) is 4. The molecule has 4 rings (SSSR count). The Balaban J connectivity index is 1.55. The van der Waals surface area contributed by atoms with Crippen LogP contribution >= 0.6 is 0 Å². The Hall–Kier alpha value is -5.13. The topological polar surface area (TPSA) is 162 Å². The minimum atomic E-state index is -0.739. The molecule has 33 heavy (non-hydrogen) atoms. The molecule has 0 aliphatic carbocycles. The first-order chi connectivity index (χ1) is 15.9. The second-order valence-corrected chi connectivity index (χ2v) is 6.63. The third-order valence-corrected chi connectivity index (χ3v) is 4.54. The third-order valence-electron chi connectivity index (χ3n) is 4.54. The van der Waals surface area contributed by atoms with Gasteiger partial charge in [0.2, 0.25) is 5.82 Å². The van der Waals surface area contributed by atoms with E-state index in [-0.39, 0.29) is 22.9 Å². The number of benzene rings is 3. The van der Waals surface area contributed by atoms with Crippen molar-refractivity contribution in [3.8, 4) is 11.6 Å². The molecule has 0 saturated carbocycles. The van der Waals surface area contributed by atoms with Gasteiger partial charge in [-0.3, -0.25) is 35.9 Å². The number of ether oxygens (including phenoxy) is 1. The van der Waals surface area contributed by atoms with Gasteiger partial charge in [0.1, 0.15) is 12.1 Å². The molecule has 0 fully saturated rings. The fourth-order valence-electron chi connectivity index (χ4n) is 2.96. The van der Waals surface area contributed by atoms with Crippen LogP contribution in [0.3, 0.4) is 0 Å². The number of non-ortho nitro benzene ring substituents is 1. The monoisotopic (exact) mass is 446 g/mol. The number of anilines is 1. The van der Waals surface area contributed by atoms with Crippen LogP contribution in [0.15, 0.2) is 73.1 Å². The maximum absolute atomic E-state index is 12.3. The van der Waals surface area contributed by atoms with E-state index in [1.165, 1.54) is 12.1 Å². The second kappa shape index (κ2) is 8.93. The quantitative estimate of drug-likeness (QED) is 0.315. The zero-order valence-corrected chi connectivity index (χ0v) is 16.7. The number of amides is 1. The maximum Gasteiger partial charge on any atom is 0.374 e. The molecule has 0 unspecified atom stereocenters. The molecule has 12 heteroatoms. The van der Waals surface area contributed by atoms with Crippen LogP contribution in [-0.2, 0) is 0 Å². The van der Waals surface area contributed by atoms with Crippen molar-refractivity contribution >= 4 is 33.9 Å². The van der Waals surface area contributed by atoms with E-state index < -0.39 is 21.4 Å². The molecule has 0 bridgehead atoms. The van der Waals surface area contributed by atoms with Crippen molar-refractivity contribution in [2.75, 3.05) is 5.43 Å². The van der Waals surface area contributed by atoms with Gasteiger partial charge in [-0.1, -0.05) is 30.3 Å². The van der Waals surface area contributed by atoms with Crippen molar-refractivity contribution in [1.82, 2.24) is 15.4 Å². The molecule has 0 saturated heterocycles. The second-order valence-electron chi connectivity index (χ2n) is 6.63. The predicted molar refractivity (Wildman–Crippen MR) is 117 cm³/mol. The lowest BCUT2D eigenvalue weighted by Crippen LogP contribution is -2.30. The Kier molecular flexibility index (Phi) is 5.72. The van der Waals surface area contributed by atoms with E-state index in [1.807, 2.05) is 24.3 Å². The summed E-state index contributed by atoms with van der Waals surface area (Å²) in [6.07, 6.45) is 1.05. The number of nitrogens with one attached hydrogen (secondary N) is 2. The number of aromatic nitrogens is 2. The van der Waals surface area contributed by atoms with E-state index in [0.29, 0.717) is 5.75 Å². The highest BCUT2D eigenvalue weighted by molar-refractivity contribution is 5.95. The molecule has 1 amide bonds. The zero-order chi connectivity index (χ0) is 23.4. The minimum Gasteiger partial charge on any atom is -0.434 e. The number of fused-ring (bicyclic) bond motifs is 1. The van der Waals surface area contributed by atoms with E-state index >= 15 is 0 Å². The van der Waals surface area contributed by atoms with Crippen molar-refractivity contribution in [1.29, 1.82) is 0 Å². The number of carbonyl (C=O) groups is 1. The van der Waals surface area contributed by atoms with Gasteiger partial charge < -0.3 is 4.74 Å². The molecule has 1 heterocycles. The van der Waals surface area contributed by atoms with Crippen LogP contribution in [0, 0.1) is 20.2 Å². The molecule has 12 nitrogen and oxygen atoms in total. The number of hydrogen-bond donors (Lipinski definition) is 2. The highest BCUT2D eigenvalue weighted by Crippen LogP contribution is 2.34. The number of hydrazine groups is 1. The van der Waals surface area contributed by atoms with Crippen LogP contribution in [0.2, 0.25) is 0 Å². The summed E-state index contributed by atoms with van der Waals surface area (Å²) in [5.74, 6) is -0.982. The highest BCUT2D eigenvalue weighted by Gasteiger charge is 2.25. The molecule has 0 atom stereocenters. The fraction of sp³-hybridized carbons (Fsp3) is 0. The Bertz CT molecular complexity index is 1380. The zero-order valence-electron chi connectivity index (χ0n) is 16.7. The van der Waals surface area contributed by atoms with Crippen molar-refractivity contribution in [2.24, 2.45) is 0 Å². The lowest BCUT2D eigenvalue weighted by Gasteiger charge is -2.10. The summed E-state index contributed by atoms with van der Waals surface area (Å²) in [6.45, 7) is 0. The maximum atomic E-state index is 12.3. The Labute approximate surface area is 185 Å². The van der Waals surface area contributed by atoms with Crippen molar-refractivity contribution in [3.05, 3.63) is 98.8 Å². The lowest BCUT2D eigenvalue weighted by molar-refractivity contribution is -0.385. The van der Waals surface area contributed by atoms with Crippen LogP contribution < -0.4 is 15.6 Å². The van der Waals surface area contributed by atoms with Crippen LogP contribution in [0.4, 0.5) is 17.2 Å². The SMILES string of the molecule is O=C(NNc1ncnc(Oc2ccc3ccccc3c2)c1[N+](=O)[O-])c1ccc([N+](=O)[O-])cc1.